The van der Waals surface area contributed by atoms with Crippen LogP contribution in [0.25, 0.3) is 0 Å². The van der Waals surface area contributed by atoms with Crippen molar-refractivity contribution < 1.29 is 19.1 Å². The van der Waals surface area contributed by atoms with Gasteiger partial charge in [0.25, 0.3) is 5.91 Å². The second kappa shape index (κ2) is 7.75. The first-order valence-electron chi connectivity index (χ1n) is 7.64. The first kappa shape index (κ1) is 18.2. The van der Waals surface area contributed by atoms with Crippen LogP contribution < -0.4 is 20.7 Å². The fraction of sp³-hybridized carbons (Fsp3) is 0.250. The Kier molecular flexibility index (Phi) is 5.43. The number of hydrogen-bond acceptors (Lipinski definition) is 7. The number of carbonyl (C=O) groups excluding carboxylic acids is 3. The first-order chi connectivity index (χ1) is 12.4. The van der Waals surface area contributed by atoms with Crippen molar-refractivity contribution in [2.45, 2.75) is 11.1 Å². The van der Waals surface area contributed by atoms with Gasteiger partial charge in [0.05, 0.1) is 21.3 Å². The van der Waals surface area contributed by atoms with Gasteiger partial charge in [0.2, 0.25) is 11.8 Å². The Morgan fingerprint density at radius 1 is 1.42 bits per heavy atom. The van der Waals surface area contributed by atoms with E-state index in [0.717, 1.165) is 4.21 Å². The average molecular weight is 392 g/mol. The van der Waals surface area contributed by atoms with Crippen molar-refractivity contribution >= 4 is 51.6 Å². The fourth-order valence-electron chi connectivity index (χ4n) is 2.34. The maximum atomic E-state index is 12.4. The number of hydrogen-bond donors (Lipinski definition) is 2. The van der Waals surface area contributed by atoms with Gasteiger partial charge in [-0.2, -0.15) is 0 Å². The van der Waals surface area contributed by atoms with E-state index in [1.807, 2.05) is 0 Å². The molecule has 0 radical (unpaired) electrons. The smallest absolute Gasteiger partial charge is 0.265 e. The van der Waals surface area contributed by atoms with Crippen molar-refractivity contribution in [3.8, 4) is 5.75 Å². The molecule has 0 fully saturated rings. The monoisotopic (exact) mass is 392 g/mol. The number of nitrogens with two attached hydrogens (primary N) is 1. The Labute approximate surface area is 157 Å². The fourth-order valence-corrected chi connectivity index (χ4v) is 4.23. The van der Waals surface area contributed by atoms with Crippen LogP contribution in [0.2, 0.25) is 0 Å². The summed E-state index contributed by atoms with van der Waals surface area (Å²) in [5.41, 5.74) is 6.42. The van der Waals surface area contributed by atoms with Crippen LogP contribution in [0, 0.1) is 6.92 Å². The number of primary amides is 1. The number of para-hydroxylation sites is 2. The topological polar surface area (TPSA) is 115 Å². The Hall–Kier alpha value is -2.59. The number of amides is 3. The Bertz CT molecular complexity index is 868. The number of thiazole rings is 1. The molecule has 3 rings (SSSR count). The van der Waals surface area contributed by atoms with Gasteiger partial charge in [0.1, 0.15) is 12.3 Å². The number of thioether (sulfide) groups is 1. The van der Waals surface area contributed by atoms with Crippen LogP contribution in [0.15, 0.2) is 28.5 Å². The molecule has 26 heavy (non-hydrogen) atoms. The number of aromatic nitrogens is 1. The van der Waals surface area contributed by atoms with Crippen molar-refractivity contribution in [3.05, 3.63) is 30.0 Å². The number of rotatable bonds is 6. The first-order valence-corrected chi connectivity index (χ1v) is 9.45. The summed E-state index contributed by atoms with van der Waals surface area (Å²) in [5, 5.41) is 3.10. The van der Waals surface area contributed by atoms with E-state index in [2.05, 4.69) is 10.3 Å². The number of carbonyl (C=O) groups is 3. The average Bonchev–Trinajstić information content (AvgIpc) is 2.95. The predicted octanol–water partition coefficient (Wildman–Crippen LogP) is 1.39. The molecule has 136 valence electrons. The van der Waals surface area contributed by atoms with Crippen molar-refractivity contribution in [3.63, 3.8) is 0 Å². The van der Waals surface area contributed by atoms with E-state index in [-0.39, 0.29) is 30.7 Å². The van der Waals surface area contributed by atoms with Gasteiger partial charge in [0, 0.05) is 0 Å². The minimum Gasteiger partial charge on any atom is -0.482 e. The molecule has 8 nitrogen and oxygen atoms in total. The third-order valence-electron chi connectivity index (χ3n) is 3.46. The molecule has 3 N–H and O–H groups in total. The zero-order chi connectivity index (χ0) is 18.7. The molecule has 0 spiro atoms. The van der Waals surface area contributed by atoms with Crippen LogP contribution in [0.5, 0.6) is 5.75 Å². The molecule has 0 saturated heterocycles. The van der Waals surface area contributed by atoms with Gasteiger partial charge in [-0.25, -0.2) is 4.98 Å². The lowest BCUT2D eigenvalue weighted by Crippen LogP contribution is -2.43. The van der Waals surface area contributed by atoms with Crippen LogP contribution in [0.3, 0.4) is 0 Å². The molecule has 1 aliphatic rings. The summed E-state index contributed by atoms with van der Waals surface area (Å²) in [6.07, 6.45) is 0. The van der Waals surface area contributed by atoms with Gasteiger partial charge in [-0.3, -0.25) is 19.3 Å². The van der Waals surface area contributed by atoms with E-state index >= 15 is 0 Å². The normalized spacial score (nSPS) is 13.1. The van der Waals surface area contributed by atoms with Gasteiger partial charge in [-0.1, -0.05) is 23.5 Å². The van der Waals surface area contributed by atoms with E-state index in [9.17, 15) is 14.4 Å². The number of benzene rings is 1. The number of anilines is 2. The summed E-state index contributed by atoms with van der Waals surface area (Å²) in [7, 11) is 0. The summed E-state index contributed by atoms with van der Waals surface area (Å²) >= 11 is 2.54. The molecule has 0 unspecified atom stereocenters. The molecule has 3 amide bonds. The molecule has 1 aromatic heterocycles. The van der Waals surface area contributed by atoms with Crippen molar-refractivity contribution in [2.24, 2.45) is 5.73 Å². The molecule has 0 bridgehead atoms. The Balaban J connectivity index is 1.67. The van der Waals surface area contributed by atoms with Crippen molar-refractivity contribution in [2.75, 3.05) is 29.1 Å². The molecular weight excluding hydrogens is 376 g/mol. The minimum absolute atomic E-state index is 0.103. The van der Waals surface area contributed by atoms with Crippen LogP contribution in [-0.2, 0) is 14.4 Å². The van der Waals surface area contributed by atoms with Crippen molar-refractivity contribution in [1.82, 2.24) is 4.98 Å². The molecule has 0 aliphatic carbocycles. The van der Waals surface area contributed by atoms with Crippen molar-refractivity contribution in [1.29, 1.82) is 0 Å². The quantitative estimate of drug-likeness (QED) is 0.718. The number of aryl methyl sites for hydroxylation is 1. The van der Waals surface area contributed by atoms with Gasteiger partial charge in [-0.15, -0.1) is 11.8 Å². The number of nitrogens with one attached hydrogen (secondary N) is 1. The van der Waals surface area contributed by atoms with Crippen LogP contribution >= 0.6 is 23.1 Å². The standard InChI is InChI=1S/C16H16N4O4S2/c1-9-15(25-8-12(17)21)26-16(18-9)19-13(22)6-20-10-4-2-3-5-11(10)24-7-14(20)23/h2-5H,6-8H2,1H3,(H2,17,21)(H,18,19,22). The van der Waals surface area contributed by atoms with Gasteiger partial charge in [0.15, 0.2) is 11.7 Å². The highest BCUT2D eigenvalue weighted by Crippen LogP contribution is 2.33. The summed E-state index contributed by atoms with van der Waals surface area (Å²) in [4.78, 5) is 41.0. The van der Waals surface area contributed by atoms with Gasteiger partial charge < -0.3 is 15.8 Å². The molecule has 10 heteroatoms. The maximum absolute atomic E-state index is 12.4. The molecule has 0 atom stereocenters. The zero-order valence-corrected chi connectivity index (χ0v) is 15.5. The lowest BCUT2D eigenvalue weighted by atomic mass is 10.2. The third-order valence-corrected chi connectivity index (χ3v) is 5.91. The molecule has 2 aromatic rings. The number of nitrogens with zero attached hydrogens (tertiary/aromatic N) is 2. The number of fused-ring (bicyclic) bond motifs is 1. The largest absolute Gasteiger partial charge is 0.482 e. The zero-order valence-electron chi connectivity index (χ0n) is 13.9. The van der Waals surface area contributed by atoms with Gasteiger partial charge in [-0.05, 0) is 19.1 Å². The van der Waals surface area contributed by atoms with E-state index in [1.165, 1.54) is 28.0 Å². The van der Waals surface area contributed by atoms with Gasteiger partial charge >= 0.3 is 0 Å². The molecular formula is C16H16N4O4S2. The van der Waals surface area contributed by atoms with E-state index in [4.69, 9.17) is 10.5 Å². The lowest BCUT2D eigenvalue weighted by Gasteiger charge is -2.28. The number of ether oxygens (including phenoxy) is 1. The van der Waals surface area contributed by atoms with E-state index < -0.39 is 5.91 Å². The Morgan fingerprint density at radius 2 is 2.19 bits per heavy atom. The molecule has 2 heterocycles. The summed E-state index contributed by atoms with van der Waals surface area (Å²) < 4.78 is 6.17. The van der Waals surface area contributed by atoms with Crippen LogP contribution in [0.4, 0.5) is 10.8 Å². The summed E-state index contributed by atoms with van der Waals surface area (Å²) in [5.74, 6) is -0.356. The van der Waals surface area contributed by atoms with Crippen LogP contribution in [-0.4, -0.2) is 41.6 Å². The second-order valence-electron chi connectivity index (χ2n) is 5.43. The van der Waals surface area contributed by atoms with E-state index in [1.54, 1.807) is 31.2 Å². The predicted molar refractivity (Wildman–Crippen MR) is 99.7 cm³/mol. The third kappa shape index (κ3) is 4.14. The molecule has 1 aliphatic heterocycles. The minimum atomic E-state index is -0.419. The second-order valence-corrected chi connectivity index (χ2v) is 7.67. The SMILES string of the molecule is Cc1nc(NC(=O)CN2C(=O)COc3ccccc32)sc1SCC(N)=O. The summed E-state index contributed by atoms with van der Waals surface area (Å²) in [6.45, 7) is 1.55. The maximum Gasteiger partial charge on any atom is 0.265 e. The highest BCUT2D eigenvalue weighted by atomic mass is 32.2. The van der Waals surface area contributed by atoms with Crippen LogP contribution in [0.1, 0.15) is 5.69 Å². The molecule has 1 aromatic carbocycles. The highest BCUT2D eigenvalue weighted by Gasteiger charge is 2.27. The Morgan fingerprint density at radius 3 is 2.96 bits per heavy atom. The lowest BCUT2D eigenvalue weighted by molar-refractivity contribution is -0.123. The van der Waals surface area contributed by atoms with E-state index in [0.29, 0.717) is 22.3 Å². The summed E-state index contributed by atoms with van der Waals surface area (Å²) in [6, 6.07) is 7.06. The molecule has 0 saturated carbocycles. The highest BCUT2D eigenvalue weighted by molar-refractivity contribution is 8.01.